The van der Waals surface area contributed by atoms with Crippen LogP contribution in [0.2, 0.25) is 0 Å². The van der Waals surface area contributed by atoms with Crippen molar-refractivity contribution in [1.82, 2.24) is 0 Å². The van der Waals surface area contributed by atoms with Crippen LogP contribution >= 0.6 is 54.1 Å². The molecule has 1 aliphatic heterocycles. The molecule has 0 saturated carbocycles. The molecule has 0 amide bonds. The standard InChI is InChI=1S/C19H17Cl3N3O3P3/c1-16-9-8-14-19(15-16)28-31(27-18-12-6-3-7-13-18)24-29(20,21)23-30(22,25-31)26-17-10-4-2-5-11-17/h2-15H,1H3. The van der Waals surface area contributed by atoms with Crippen molar-refractivity contribution in [3.8, 4) is 17.2 Å². The van der Waals surface area contributed by atoms with Crippen LogP contribution in [0.1, 0.15) is 5.56 Å². The molecule has 2 unspecified atom stereocenters. The molecule has 3 aromatic carbocycles. The summed E-state index contributed by atoms with van der Waals surface area (Å²) in [6.07, 6.45) is 0. The molecule has 12 heteroatoms. The molecule has 0 N–H and O–H groups in total. The number of hydrogen-bond donors (Lipinski definition) is 0. The van der Waals surface area contributed by atoms with Gasteiger partial charge in [-0.2, -0.15) is 4.52 Å². The molecular weight excluding hydrogens is 518 g/mol. The van der Waals surface area contributed by atoms with Gasteiger partial charge < -0.3 is 13.6 Å². The fourth-order valence-electron chi connectivity index (χ4n) is 2.63. The minimum absolute atomic E-state index is 0.474. The molecular formula is C19H17Cl3N3O3P3. The number of para-hydroxylation sites is 2. The Kier molecular flexibility index (Phi) is 6.79. The number of nitrogens with zero attached hydrogens (tertiary/aromatic N) is 3. The molecule has 3 aromatic rings. The average molecular weight is 535 g/mol. The van der Waals surface area contributed by atoms with Crippen molar-refractivity contribution in [2.24, 2.45) is 13.5 Å². The van der Waals surface area contributed by atoms with Gasteiger partial charge in [0.1, 0.15) is 17.2 Å². The molecule has 4 rings (SSSR count). The van der Waals surface area contributed by atoms with Crippen molar-refractivity contribution in [3.63, 3.8) is 0 Å². The predicted molar refractivity (Wildman–Crippen MR) is 132 cm³/mol. The van der Waals surface area contributed by atoms with E-state index in [4.69, 9.17) is 47.3 Å². The smallest absolute Gasteiger partial charge is 0.431 e. The molecule has 1 aliphatic rings. The van der Waals surface area contributed by atoms with Crippen molar-refractivity contribution >= 4 is 54.1 Å². The van der Waals surface area contributed by atoms with E-state index in [0.717, 1.165) is 5.56 Å². The van der Waals surface area contributed by atoms with Crippen molar-refractivity contribution in [2.75, 3.05) is 0 Å². The second kappa shape index (κ2) is 9.24. The van der Waals surface area contributed by atoms with E-state index in [2.05, 4.69) is 13.5 Å². The minimum Gasteiger partial charge on any atom is -0.431 e. The number of halogens is 3. The molecule has 0 spiro atoms. The maximum Gasteiger partial charge on any atom is 0.455 e. The lowest BCUT2D eigenvalue weighted by molar-refractivity contribution is 0.477. The van der Waals surface area contributed by atoms with E-state index in [1.165, 1.54) is 0 Å². The van der Waals surface area contributed by atoms with Crippen LogP contribution in [0.15, 0.2) is 98.5 Å². The first kappa shape index (κ1) is 22.8. The Hall–Kier alpha value is -1.38. The highest BCUT2D eigenvalue weighted by Gasteiger charge is 2.41. The van der Waals surface area contributed by atoms with E-state index in [-0.39, 0.29) is 0 Å². The van der Waals surface area contributed by atoms with E-state index in [1.54, 1.807) is 30.3 Å². The quantitative estimate of drug-likeness (QED) is 0.296. The zero-order valence-electron chi connectivity index (χ0n) is 16.1. The number of hydrogen-bond acceptors (Lipinski definition) is 6. The van der Waals surface area contributed by atoms with Crippen LogP contribution in [0.25, 0.3) is 0 Å². The first-order chi connectivity index (χ1) is 14.8. The molecule has 0 aliphatic carbocycles. The molecule has 162 valence electrons. The van der Waals surface area contributed by atoms with Gasteiger partial charge in [-0.25, -0.2) is 0 Å². The summed E-state index contributed by atoms with van der Waals surface area (Å²) in [5.41, 5.74) is 0.988. The Morgan fingerprint density at radius 1 is 0.613 bits per heavy atom. The summed E-state index contributed by atoms with van der Waals surface area (Å²) in [4.78, 5) is 0. The van der Waals surface area contributed by atoms with Gasteiger partial charge in [0, 0.05) is 0 Å². The second-order valence-electron chi connectivity index (χ2n) is 6.40. The zero-order valence-corrected chi connectivity index (χ0v) is 21.1. The van der Waals surface area contributed by atoms with Crippen LogP contribution < -0.4 is 13.6 Å². The van der Waals surface area contributed by atoms with Crippen molar-refractivity contribution in [1.29, 1.82) is 0 Å². The third kappa shape index (κ3) is 6.11. The molecule has 1 heterocycles. The van der Waals surface area contributed by atoms with Gasteiger partial charge in [-0.3, -0.25) is 0 Å². The largest absolute Gasteiger partial charge is 0.455 e. The highest BCUT2D eigenvalue weighted by molar-refractivity contribution is 8.15. The van der Waals surface area contributed by atoms with Gasteiger partial charge in [-0.15, -0.1) is 9.03 Å². The summed E-state index contributed by atoms with van der Waals surface area (Å²) in [6.45, 7) is -1.46. The maximum atomic E-state index is 6.76. The molecule has 2 atom stereocenters. The Morgan fingerprint density at radius 2 is 1.16 bits per heavy atom. The molecule has 0 radical (unpaired) electrons. The van der Waals surface area contributed by atoms with Crippen LogP contribution in [0.4, 0.5) is 0 Å². The van der Waals surface area contributed by atoms with Gasteiger partial charge in [0.15, 0.2) is 0 Å². The summed E-state index contributed by atoms with van der Waals surface area (Å²) >= 11 is 19.7. The minimum atomic E-state index is -3.50. The van der Waals surface area contributed by atoms with Crippen molar-refractivity contribution in [3.05, 3.63) is 90.5 Å². The summed E-state index contributed by atoms with van der Waals surface area (Å²) in [5, 5.41) is 0. The molecule has 0 aromatic heterocycles. The van der Waals surface area contributed by atoms with E-state index >= 15 is 0 Å². The van der Waals surface area contributed by atoms with Crippen LogP contribution in [-0.2, 0) is 0 Å². The van der Waals surface area contributed by atoms with Gasteiger partial charge in [-0.05, 0) is 82.6 Å². The van der Waals surface area contributed by atoms with Gasteiger partial charge >= 0.3 is 14.4 Å². The van der Waals surface area contributed by atoms with E-state index in [0.29, 0.717) is 17.2 Å². The van der Waals surface area contributed by atoms with Crippen LogP contribution in [-0.4, -0.2) is 0 Å². The summed E-state index contributed by atoms with van der Waals surface area (Å²) in [7, 11) is -3.50. The SMILES string of the molecule is Cc1cccc(OP2(Oc3ccccc3)=NP(Cl)(Oc3ccccc3)=NP(Cl)(Cl)=N2)c1. The topological polar surface area (TPSA) is 64.8 Å². The number of benzene rings is 3. The third-order valence-corrected chi connectivity index (χ3v) is 14.3. The van der Waals surface area contributed by atoms with Crippen LogP contribution in [0.5, 0.6) is 17.2 Å². The van der Waals surface area contributed by atoms with Gasteiger partial charge in [0.25, 0.3) is 5.91 Å². The van der Waals surface area contributed by atoms with Crippen molar-refractivity contribution in [2.45, 2.75) is 6.92 Å². The Bertz CT molecular complexity index is 1250. The fourth-order valence-corrected chi connectivity index (χ4v) is 15.1. The average Bonchev–Trinajstić information content (AvgIpc) is 2.67. The number of aryl methyl sites for hydroxylation is 1. The van der Waals surface area contributed by atoms with Crippen molar-refractivity contribution < 1.29 is 13.6 Å². The Morgan fingerprint density at radius 3 is 1.77 bits per heavy atom. The lowest BCUT2D eigenvalue weighted by atomic mass is 10.2. The fraction of sp³-hybridized carbons (Fsp3) is 0.0526. The van der Waals surface area contributed by atoms with Gasteiger partial charge in [0.05, 0.1) is 0 Å². The normalized spacial score (nSPS) is 24.1. The zero-order chi connectivity index (χ0) is 22.0. The Labute approximate surface area is 195 Å². The van der Waals surface area contributed by atoms with Crippen LogP contribution in [0, 0.1) is 6.92 Å². The summed E-state index contributed by atoms with van der Waals surface area (Å²) in [6, 6.07) is 25.4. The second-order valence-corrected chi connectivity index (χ2v) is 16.6. The molecule has 0 fully saturated rings. The molecule has 0 bridgehead atoms. The Balaban J connectivity index is 1.86. The highest BCUT2D eigenvalue weighted by atomic mass is 35.9. The van der Waals surface area contributed by atoms with Gasteiger partial charge in [-0.1, -0.05) is 48.5 Å². The lowest BCUT2D eigenvalue weighted by Crippen LogP contribution is -2.02. The lowest BCUT2D eigenvalue weighted by Gasteiger charge is -2.28. The van der Waals surface area contributed by atoms with E-state index in [1.807, 2.05) is 61.5 Å². The van der Waals surface area contributed by atoms with Gasteiger partial charge in [0.2, 0.25) is 0 Å². The first-order valence-corrected chi connectivity index (χ1v) is 16.6. The summed E-state index contributed by atoms with van der Waals surface area (Å²) in [5.74, 6) is -1.86. The van der Waals surface area contributed by atoms with E-state index in [9.17, 15) is 0 Å². The highest BCUT2D eigenvalue weighted by Crippen LogP contribution is 2.83. The summed E-state index contributed by atoms with van der Waals surface area (Å²) < 4.78 is 31.6. The van der Waals surface area contributed by atoms with E-state index < -0.39 is 20.4 Å². The predicted octanol–water partition coefficient (Wildman–Crippen LogP) is 10.1. The molecule has 31 heavy (non-hydrogen) atoms. The maximum absolute atomic E-state index is 6.76. The van der Waals surface area contributed by atoms with Crippen LogP contribution in [0.3, 0.4) is 0 Å². The third-order valence-electron chi connectivity index (χ3n) is 3.81. The molecule has 6 nitrogen and oxygen atoms in total. The first-order valence-electron chi connectivity index (χ1n) is 9.01. The monoisotopic (exact) mass is 533 g/mol. The molecule has 0 saturated heterocycles. The number of rotatable bonds is 6.